The summed E-state index contributed by atoms with van der Waals surface area (Å²) in [6.45, 7) is 3.43. The minimum atomic E-state index is -3.86. The molecule has 0 saturated carbocycles. The van der Waals surface area contributed by atoms with Crippen LogP contribution in [0.5, 0.6) is 0 Å². The first kappa shape index (κ1) is 14.6. The molecule has 2 aromatic heterocycles. The molecule has 0 bridgehead atoms. The second kappa shape index (κ2) is 5.28. The number of pyridine rings is 1. The van der Waals surface area contributed by atoms with E-state index >= 15 is 0 Å². The monoisotopic (exact) mass is 308 g/mol. The summed E-state index contributed by atoms with van der Waals surface area (Å²) in [5.74, 6) is 0. The van der Waals surface area contributed by atoms with Crippen LogP contribution >= 0.6 is 11.3 Å². The van der Waals surface area contributed by atoms with Gasteiger partial charge in [0.05, 0.1) is 5.54 Å². The third-order valence-corrected chi connectivity index (χ3v) is 5.31. The molecular weight excluding hydrogens is 296 g/mol. The van der Waals surface area contributed by atoms with Crippen LogP contribution in [0.2, 0.25) is 0 Å². The lowest BCUT2D eigenvalue weighted by Crippen LogP contribution is -2.41. The highest BCUT2D eigenvalue weighted by atomic mass is 32.2. The summed E-state index contributed by atoms with van der Waals surface area (Å²) in [4.78, 5) is 7.75. The first-order valence-electron chi connectivity index (χ1n) is 5.66. The number of hydrogen-bond donors (Lipinski definition) is 1. The molecule has 8 heteroatoms. The molecule has 0 spiro atoms. The number of aromatic nitrogens is 2. The lowest BCUT2D eigenvalue weighted by molar-refractivity contribution is 0.469. The van der Waals surface area contributed by atoms with Crippen LogP contribution in [0.15, 0.2) is 34.8 Å². The minimum Gasteiger partial charge on any atom is -0.248 e. The molecule has 104 valence electrons. The highest BCUT2D eigenvalue weighted by Crippen LogP contribution is 2.25. The van der Waals surface area contributed by atoms with E-state index in [1.807, 2.05) is 0 Å². The van der Waals surface area contributed by atoms with Crippen molar-refractivity contribution in [3.8, 4) is 6.07 Å². The molecular formula is C12H12N4O2S2. The quantitative estimate of drug-likeness (QED) is 0.926. The third-order valence-electron chi connectivity index (χ3n) is 2.52. The maximum absolute atomic E-state index is 12.4. The number of sulfonamides is 1. The van der Waals surface area contributed by atoms with Crippen LogP contribution in [0.25, 0.3) is 0 Å². The predicted molar refractivity (Wildman–Crippen MR) is 74.4 cm³/mol. The van der Waals surface area contributed by atoms with E-state index in [0.717, 1.165) is 0 Å². The van der Waals surface area contributed by atoms with Gasteiger partial charge in [0.2, 0.25) is 10.0 Å². The molecule has 2 heterocycles. The summed E-state index contributed by atoms with van der Waals surface area (Å²) in [7, 11) is -3.86. The van der Waals surface area contributed by atoms with Gasteiger partial charge in [-0.1, -0.05) is 0 Å². The summed E-state index contributed by atoms with van der Waals surface area (Å²) in [6, 6.07) is 4.61. The Hall–Kier alpha value is -1.82. The van der Waals surface area contributed by atoms with Crippen LogP contribution in [-0.4, -0.2) is 18.4 Å². The Kier molecular flexibility index (Phi) is 3.85. The topological polar surface area (TPSA) is 95.7 Å². The molecule has 6 nitrogen and oxygen atoms in total. The van der Waals surface area contributed by atoms with E-state index in [1.54, 1.807) is 31.5 Å². The maximum atomic E-state index is 12.4. The van der Waals surface area contributed by atoms with Gasteiger partial charge in [-0.15, -0.1) is 11.3 Å². The molecule has 0 saturated heterocycles. The molecule has 20 heavy (non-hydrogen) atoms. The molecule has 2 rings (SSSR count). The van der Waals surface area contributed by atoms with Crippen LogP contribution in [0.3, 0.4) is 0 Å². The molecule has 0 aromatic carbocycles. The summed E-state index contributed by atoms with van der Waals surface area (Å²) in [5.41, 5.74) is -0.995. The van der Waals surface area contributed by atoms with Gasteiger partial charge in [-0.2, -0.15) is 9.98 Å². The Morgan fingerprint density at radius 3 is 2.70 bits per heavy atom. The van der Waals surface area contributed by atoms with E-state index in [-0.39, 0.29) is 10.6 Å². The van der Waals surface area contributed by atoms with Crippen LogP contribution in [0.4, 0.5) is 0 Å². The highest BCUT2D eigenvalue weighted by Gasteiger charge is 2.31. The van der Waals surface area contributed by atoms with Gasteiger partial charge in [0, 0.05) is 17.8 Å². The predicted octanol–water partition coefficient (Wildman–Crippen LogP) is 1.62. The van der Waals surface area contributed by atoms with Gasteiger partial charge in [0.25, 0.3) is 0 Å². The molecule has 0 amide bonds. The Bertz CT molecular complexity index is 746. The van der Waals surface area contributed by atoms with Gasteiger partial charge in [-0.3, -0.25) is 0 Å². The summed E-state index contributed by atoms with van der Waals surface area (Å²) in [6.07, 6.45) is 2.99. The van der Waals surface area contributed by atoms with Crippen molar-refractivity contribution in [3.63, 3.8) is 0 Å². The molecule has 0 aliphatic carbocycles. The molecule has 0 unspecified atom stereocenters. The number of hydrogen-bond acceptors (Lipinski definition) is 6. The van der Waals surface area contributed by atoms with Crippen molar-refractivity contribution in [2.24, 2.45) is 0 Å². The van der Waals surface area contributed by atoms with Crippen molar-refractivity contribution in [3.05, 3.63) is 40.6 Å². The zero-order chi connectivity index (χ0) is 14.8. The Morgan fingerprint density at radius 1 is 1.35 bits per heavy atom. The molecule has 0 fully saturated rings. The Morgan fingerprint density at radius 2 is 2.10 bits per heavy atom. The average molecular weight is 308 g/mol. The van der Waals surface area contributed by atoms with Crippen molar-refractivity contribution in [2.45, 2.75) is 24.3 Å². The minimum absolute atomic E-state index is 0.130. The van der Waals surface area contributed by atoms with Gasteiger partial charge in [0.15, 0.2) is 5.69 Å². The van der Waals surface area contributed by atoms with E-state index in [1.165, 1.54) is 29.7 Å². The van der Waals surface area contributed by atoms with Gasteiger partial charge < -0.3 is 0 Å². The normalized spacial score (nSPS) is 12.1. The lowest BCUT2D eigenvalue weighted by Gasteiger charge is -2.23. The number of nitrogens with zero attached hydrogens (tertiary/aromatic N) is 3. The van der Waals surface area contributed by atoms with Gasteiger partial charge >= 0.3 is 0 Å². The molecule has 0 radical (unpaired) electrons. The van der Waals surface area contributed by atoms with Crippen molar-refractivity contribution < 1.29 is 8.42 Å². The van der Waals surface area contributed by atoms with Crippen LogP contribution < -0.4 is 4.72 Å². The van der Waals surface area contributed by atoms with Crippen molar-refractivity contribution in [1.82, 2.24) is 14.7 Å². The standard InChI is InChI=1S/C12H12N4O2S2/c1-12(2,11-15-6-7-19-11)16-20(17,18)10-4-3-5-14-9(10)8-13/h3-7,16H,1-2H3. The maximum Gasteiger partial charge on any atom is 0.244 e. The van der Waals surface area contributed by atoms with E-state index < -0.39 is 15.6 Å². The van der Waals surface area contributed by atoms with Crippen LogP contribution in [0.1, 0.15) is 24.5 Å². The first-order valence-corrected chi connectivity index (χ1v) is 8.02. The highest BCUT2D eigenvalue weighted by molar-refractivity contribution is 7.89. The smallest absolute Gasteiger partial charge is 0.244 e. The fourth-order valence-corrected chi connectivity index (χ4v) is 3.93. The number of rotatable bonds is 4. The van der Waals surface area contributed by atoms with Crippen LogP contribution in [0, 0.1) is 11.3 Å². The van der Waals surface area contributed by atoms with Gasteiger partial charge in [-0.25, -0.2) is 18.4 Å². The van der Waals surface area contributed by atoms with Gasteiger partial charge in [0.1, 0.15) is 16.0 Å². The molecule has 0 aliphatic heterocycles. The summed E-state index contributed by atoms with van der Waals surface area (Å²) in [5, 5.41) is 11.4. The van der Waals surface area contributed by atoms with Gasteiger partial charge in [-0.05, 0) is 26.0 Å². The molecule has 0 aliphatic rings. The van der Waals surface area contributed by atoms with E-state index in [2.05, 4.69) is 14.7 Å². The molecule has 0 atom stereocenters. The Balaban J connectivity index is 2.40. The summed E-state index contributed by atoms with van der Waals surface area (Å²) < 4.78 is 27.3. The first-order chi connectivity index (χ1) is 9.37. The third kappa shape index (κ3) is 2.85. The van der Waals surface area contributed by atoms with E-state index in [0.29, 0.717) is 5.01 Å². The van der Waals surface area contributed by atoms with Crippen molar-refractivity contribution in [1.29, 1.82) is 5.26 Å². The number of nitrogens with one attached hydrogen (secondary N) is 1. The fraction of sp³-hybridized carbons (Fsp3) is 0.250. The zero-order valence-corrected chi connectivity index (χ0v) is 12.5. The van der Waals surface area contributed by atoms with Crippen molar-refractivity contribution in [2.75, 3.05) is 0 Å². The van der Waals surface area contributed by atoms with E-state index in [4.69, 9.17) is 5.26 Å². The zero-order valence-electron chi connectivity index (χ0n) is 10.9. The average Bonchev–Trinajstić information content (AvgIpc) is 2.92. The number of thiazole rings is 1. The van der Waals surface area contributed by atoms with Crippen molar-refractivity contribution >= 4 is 21.4 Å². The second-order valence-corrected chi connectivity index (χ2v) is 7.08. The Labute approximate surface area is 121 Å². The SMILES string of the molecule is CC(C)(NS(=O)(=O)c1cccnc1C#N)c1nccs1. The largest absolute Gasteiger partial charge is 0.248 e. The van der Waals surface area contributed by atoms with E-state index in [9.17, 15) is 8.42 Å². The molecule has 2 aromatic rings. The second-order valence-electron chi connectivity index (χ2n) is 4.53. The van der Waals surface area contributed by atoms with Crippen LogP contribution in [-0.2, 0) is 15.6 Å². The molecule has 1 N–H and O–H groups in total. The fourth-order valence-electron chi connectivity index (χ4n) is 1.66. The lowest BCUT2D eigenvalue weighted by atomic mass is 10.1. The number of nitriles is 1. The summed E-state index contributed by atoms with van der Waals surface area (Å²) >= 11 is 1.36.